The molecule has 0 bridgehead atoms. The number of ether oxygens (including phenoxy) is 2. The number of hydrogen-bond donors (Lipinski definition) is 2. The van der Waals surface area contributed by atoms with E-state index in [1.165, 1.54) is 89.9 Å². The number of esters is 1. The molecule has 0 aliphatic rings. The average Bonchev–Trinajstić information content (AvgIpc) is 2.97. The fourth-order valence-electron chi connectivity index (χ4n) is 4.62. The molecule has 0 aromatic carbocycles. The number of carbonyl (C=O) groups is 1. The third-order valence-corrected chi connectivity index (χ3v) is 8.17. The summed E-state index contributed by atoms with van der Waals surface area (Å²) in [4.78, 5) is 22.2. The summed E-state index contributed by atoms with van der Waals surface area (Å²) in [6, 6.07) is 0. The number of nitrogens with two attached hydrogens (primary N) is 1. The van der Waals surface area contributed by atoms with Crippen molar-refractivity contribution < 1.29 is 32.8 Å². The summed E-state index contributed by atoms with van der Waals surface area (Å²) in [5, 5.41) is 0. The van der Waals surface area contributed by atoms with Crippen molar-refractivity contribution in [3.05, 3.63) is 12.2 Å². The summed E-state index contributed by atoms with van der Waals surface area (Å²) in [6.07, 6.45) is 29.3. The van der Waals surface area contributed by atoms with Crippen molar-refractivity contribution in [2.45, 2.75) is 161 Å². The highest BCUT2D eigenvalue weighted by Crippen LogP contribution is 2.43. The molecule has 0 spiro atoms. The van der Waals surface area contributed by atoms with Gasteiger partial charge in [-0.05, 0) is 32.1 Å². The summed E-state index contributed by atoms with van der Waals surface area (Å²) < 4.78 is 33.1. The van der Waals surface area contributed by atoms with Crippen molar-refractivity contribution in [1.82, 2.24) is 0 Å². The van der Waals surface area contributed by atoms with Crippen molar-refractivity contribution in [1.29, 1.82) is 0 Å². The Kier molecular flexibility index (Phi) is 31.1. The Labute approximate surface area is 258 Å². The van der Waals surface area contributed by atoms with Crippen LogP contribution in [0.2, 0.25) is 0 Å². The largest absolute Gasteiger partial charge is 0.472 e. The fraction of sp³-hybridized carbons (Fsp3) is 0.909. The molecule has 42 heavy (non-hydrogen) atoms. The lowest BCUT2D eigenvalue weighted by Crippen LogP contribution is -2.28. The minimum atomic E-state index is -4.26. The molecule has 3 N–H and O–H groups in total. The Morgan fingerprint density at radius 2 is 1.21 bits per heavy atom. The maximum atomic E-state index is 12.4. The van der Waals surface area contributed by atoms with E-state index < -0.39 is 13.9 Å². The Morgan fingerprint density at radius 3 is 1.81 bits per heavy atom. The van der Waals surface area contributed by atoms with Gasteiger partial charge in [0, 0.05) is 19.6 Å². The van der Waals surface area contributed by atoms with Crippen LogP contribution in [0.5, 0.6) is 0 Å². The molecule has 8 nitrogen and oxygen atoms in total. The SMILES string of the molecule is CCCC/C=C\CCCCCCCC(=O)OC(COCCCCCCCCCCCCCC)COP(=O)(O)OCCN. The summed E-state index contributed by atoms with van der Waals surface area (Å²) in [7, 11) is -4.26. The van der Waals surface area contributed by atoms with Crippen LogP contribution in [0, 0.1) is 0 Å². The number of hydrogen-bond acceptors (Lipinski definition) is 7. The Hall–Kier alpha value is -0.760. The molecular weight excluding hydrogens is 553 g/mol. The van der Waals surface area contributed by atoms with E-state index >= 15 is 0 Å². The molecule has 250 valence electrons. The lowest BCUT2D eigenvalue weighted by molar-refractivity contribution is -0.154. The molecule has 0 saturated heterocycles. The van der Waals surface area contributed by atoms with Crippen LogP contribution in [0.25, 0.3) is 0 Å². The number of phosphoric ester groups is 1. The van der Waals surface area contributed by atoms with Crippen LogP contribution in [-0.2, 0) is 27.9 Å². The maximum Gasteiger partial charge on any atom is 0.472 e. The molecule has 0 aromatic rings. The van der Waals surface area contributed by atoms with Gasteiger partial charge >= 0.3 is 13.8 Å². The van der Waals surface area contributed by atoms with Crippen molar-refractivity contribution in [2.24, 2.45) is 5.73 Å². The van der Waals surface area contributed by atoms with Crippen molar-refractivity contribution in [3.8, 4) is 0 Å². The Bertz CT molecular complexity index is 662. The number of unbranched alkanes of at least 4 members (excludes halogenated alkanes) is 18. The van der Waals surface area contributed by atoms with Gasteiger partial charge in [0.15, 0.2) is 0 Å². The number of allylic oxidation sites excluding steroid dienone is 2. The number of carbonyl (C=O) groups excluding carboxylic acids is 1. The molecule has 0 aliphatic heterocycles. The normalized spacial score (nSPS) is 13.9. The van der Waals surface area contributed by atoms with Crippen molar-refractivity contribution in [2.75, 3.05) is 33.0 Å². The van der Waals surface area contributed by atoms with Crippen LogP contribution in [0.4, 0.5) is 0 Å². The summed E-state index contributed by atoms with van der Waals surface area (Å²) in [5.41, 5.74) is 5.33. The minimum absolute atomic E-state index is 0.0944. The molecule has 2 atom stereocenters. The average molecular weight is 620 g/mol. The monoisotopic (exact) mass is 619 g/mol. The highest BCUT2D eigenvalue weighted by atomic mass is 31.2. The van der Waals surface area contributed by atoms with Gasteiger partial charge in [0.25, 0.3) is 0 Å². The highest BCUT2D eigenvalue weighted by Gasteiger charge is 2.25. The highest BCUT2D eigenvalue weighted by molar-refractivity contribution is 7.47. The second kappa shape index (κ2) is 31.7. The van der Waals surface area contributed by atoms with Gasteiger partial charge < -0.3 is 20.1 Å². The zero-order valence-electron chi connectivity index (χ0n) is 27.2. The van der Waals surface area contributed by atoms with Gasteiger partial charge in [-0.1, -0.05) is 129 Å². The van der Waals surface area contributed by atoms with Crippen molar-refractivity contribution >= 4 is 13.8 Å². The van der Waals surface area contributed by atoms with E-state index in [2.05, 4.69) is 26.0 Å². The zero-order chi connectivity index (χ0) is 31.0. The lowest BCUT2D eigenvalue weighted by Gasteiger charge is -2.20. The lowest BCUT2D eigenvalue weighted by atomic mass is 10.1. The molecule has 9 heteroatoms. The third kappa shape index (κ3) is 30.7. The molecular formula is C33H66NO7P. The van der Waals surface area contributed by atoms with Gasteiger partial charge in [-0.3, -0.25) is 13.8 Å². The molecule has 0 aromatic heterocycles. The van der Waals surface area contributed by atoms with E-state index in [0.717, 1.165) is 44.9 Å². The smallest absolute Gasteiger partial charge is 0.457 e. The molecule has 0 saturated carbocycles. The van der Waals surface area contributed by atoms with Gasteiger partial charge in [-0.25, -0.2) is 4.57 Å². The number of phosphoric acid groups is 1. The number of rotatable bonds is 33. The zero-order valence-corrected chi connectivity index (χ0v) is 28.1. The standard InChI is InChI=1S/C33H66NO7P/c1-3-5-7-9-11-13-15-17-19-21-23-25-28-38-30-32(31-40-42(36,37)39-29-27-34)41-33(35)26-24-22-20-18-16-14-12-10-8-6-4-2/h10,12,32H,3-9,11,13-31,34H2,1-2H3,(H,36,37)/b12-10-. The van der Waals surface area contributed by atoms with E-state index in [4.69, 9.17) is 24.3 Å². The van der Waals surface area contributed by atoms with Gasteiger partial charge in [0.1, 0.15) is 6.10 Å². The van der Waals surface area contributed by atoms with Crippen LogP contribution in [-0.4, -0.2) is 49.9 Å². The summed E-state index contributed by atoms with van der Waals surface area (Å²) in [6.45, 7) is 4.87. The van der Waals surface area contributed by atoms with E-state index in [9.17, 15) is 14.3 Å². The van der Waals surface area contributed by atoms with Crippen LogP contribution in [0.1, 0.15) is 155 Å². The molecule has 0 fully saturated rings. The first kappa shape index (κ1) is 41.2. The van der Waals surface area contributed by atoms with Crippen molar-refractivity contribution in [3.63, 3.8) is 0 Å². The first-order valence-corrected chi connectivity index (χ1v) is 18.7. The van der Waals surface area contributed by atoms with Gasteiger partial charge in [-0.15, -0.1) is 0 Å². The predicted octanol–water partition coefficient (Wildman–Crippen LogP) is 9.19. The second-order valence-electron chi connectivity index (χ2n) is 11.4. The first-order valence-electron chi connectivity index (χ1n) is 17.2. The second-order valence-corrected chi connectivity index (χ2v) is 12.8. The molecule has 0 aliphatic carbocycles. The fourth-order valence-corrected chi connectivity index (χ4v) is 5.39. The topological polar surface area (TPSA) is 117 Å². The third-order valence-electron chi connectivity index (χ3n) is 7.18. The molecule has 0 radical (unpaired) electrons. The van der Waals surface area contributed by atoms with Crippen LogP contribution in [0.3, 0.4) is 0 Å². The predicted molar refractivity (Wildman–Crippen MR) is 174 cm³/mol. The van der Waals surface area contributed by atoms with Gasteiger partial charge in [-0.2, -0.15) is 0 Å². The Morgan fingerprint density at radius 1 is 0.690 bits per heavy atom. The summed E-state index contributed by atoms with van der Waals surface area (Å²) >= 11 is 0. The maximum absolute atomic E-state index is 12.4. The summed E-state index contributed by atoms with van der Waals surface area (Å²) in [5.74, 6) is -0.341. The quantitative estimate of drug-likeness (QED) is 0.0323. The molecule has 2 unspecified atom stereocenters. The van der Waals surface area contributed by atoms with Crippen LogP contribution < -0.4 is 5.73 Å². The van der Waals surface area contributed by atoms with Crippen LogP contribution >= 0.6 is 7.82 Å². The van der Waals surface area contributed by atoms with Gasteiger partial charge in [0.2, 0.25) is 0 Å². The van der Waals surface area contributed by atoms with E-state index in [1.54, 1.807) is 0 Å². The minimum Gasteiger partial charge on any atom is -0.457 e. The van der Waals surface area contributed by atoms with E-state index in [-0.39, 0.29) is 32.3 Å². The molecule has 0 rings (SSSR count). The first-order chi connectivity index (χ1) is 20.4. The van der Waals surface area contributed by atoms with Gasteiger partial charge in [0.05, 0.1) is 19.8 Å². The van der Waals surface area contributed by atoms with Crippen LogP contribution in [0.15, 0.2) is 12.2 Å². The van der Waals surface area contributed by atoms with E-state index in [1.807, 2.05) is 0 Å². The molecule has 0 heterocycles. The van der Waals surface area contributed by atoms with E-state index in [0.29, 0.717) is 13.0 Å². The molecule has 0 amide bonds. The Balaban J connectivity index is 4.13.